The zero-order chi connectivity index (χ0) is 12.5. The van der Waals surface area contributed by atoms with Crippen molar-refractivity contribution in [2.75, 3.05) is 24.5 Å². The molecule has 0 aliphatic carbocycles. The molecule has 98 valence electrons. The fourth-order valence-electron chi connectivity index (χ4n) is 1.60. The molecule has 0 unspecified atom stereocenters. The summed E-state index contributed by atoms with van der Waals surface area (Å²) >= 11 is 0. The van der Waals surface area contributed by atoms with E-state index in [0.29, 0.717) is 24.9 Å². The summed E-state index contributed by atoms with van der Waals surface area (Å²) in [7, 11) is 0. The number of aromatic nitrogens is 2. The molecular formula is C12H24N4O. The summed E-state index contributed by atoms with van der Waals surface area (Å²) in [5.74, 6) is 0.639. The molecule has 1 rings (SSSR count). The monoisotopic (exact) mass is 240 g/mol. The molecule has 0 bridgehead atoms. The maximum atomic E-state index is 5.60. The van der Waals surface area contributed by atoms with E-state index < -0.39 is 0 Å². The van der Waals surface area contributed by atoms with Gasteiger partial charge in [0.1, 0.15) is 0 Å². The predicted molar refractivity (Wildman–Crippen MR) is 69.1 cm³/mol. The lowest BCUT2D eigenvalue weighted by Crippen LogP contribution is -2.25. The highest BCUT2D eigenvalue weighted by Crippen LogP contribution is 2.14. The third kappa shape index (κ3) is 4.73. The smallest absolute Gasteiger partial charge is 0.318 e. The van der Waals surface area contributed by atoms with Crippen molar-refractivity contribution in [3.8, 4) is 0 Å². The zero-order valence-corrected chi connectivity index (χ0v) is 11.0. The van der Waals surface area contributed by atoms with Crippen LogP contribution in [0.15, 0.2) is 4.42 Å². The fourth-order valence-corrected chi connectivity index (χ4v) is 1.60. The van der Waals surface area contributed by atoms with Gasteiger partial charge in [-0.25, -0.2) is 0 Å². The average Bonchev–Trinajstić information content (AvgIpc) is 2.78. The molecule has 0 radical (unpaired) electrons. The van der Waals surface area contributed by atoms with Crippen LogP contribution >= 0.6 is 0 Å². The van der Waals surface area contributed by atoms with Crippen LogP contribution in [0.25, 0.3) is 0 Å². The van der Waals surface area contributed by atoms with Gasteiger partial charge < -0.3 is 15.1 Å². The van der Waals surface area contributed by atoms with Crippen molar-refractivity contribution in [1.82, 2.24) is 10.2 Å². The average molecular weight is 240 g/mol. The first-order valence-electron chi connectivity index (χ1n) is 6.59. The lowest BCUT2D eigenvalue weighted by molar-refractivity contribution is 0.478. The quantitative estimate of drug-likeness (QED) is 0.714. The highest BCUT2D eigenvalue weighted by molar-refractivity contribution is 5.23. The van der Waals surface area contributed by atoms with E-state index in [2.05, 4.69) is 28.9 Å². The van der Waals surface area contributed by atoms with E-state index in [9.17, 15) is 0 Å². The van der Waals surface area contributed by atoms with Gasteiger partial charge in [-0.15, -0.1) is 5.10 Å². The lowest BCUT2D eigenvalue weighted by Gasteiger charge is -2.19. The number of hydrogen-bond acceptors (Lipinski definition) is 5. The van der Waals surface area contributed by atoms with Crippen molar-refractivity contribution in [1.29, 1.82) is 0 Å². The SMILES string of the molecule is CCCCN(CCCC)c1nnc(CCN)o1. The van der Waals surface area contributed by atoms with E-state index in [0.717, 1.165) is 25.9 Å². The Bertz CT molecular complexity index is 292. The minimum atomic E-state index is 0.547. The normalized spacial score (nSPS) is 10.8. The highest BCUT2D eigenvalue weighted by atomic mass is 16.4. The van der Waals surface area contributed by atoms with E-state index in [4.69, 9.17) is 10.2 Å². The second-order valence-electron chi connectivity index (χ2n) is 4.21. The third-order valence-electron chi connectivity index (χ3n) is 2.65. The van der Waals surface area contributed by atoms with E-state index in [-0.39, 0.29) is 0 Å². The summed E-state index contributed by atoms with van der Waals surface area (Å²) < 4.78 is 5.60. The number of hydrogen-bond donors (Lipinski definition) is 1. The molecule has 1 aromatic rings. The Morgan fingerprint density at radius 1 is 1.12 bits per heavy atom. The van der Waals surface area contributed by atoms with Gasteiger partial charge in [0.2, 0.25) is 5.89 Å². The Morgan fingerprint density at radius 2 is 1.76 bits per heavy atom. The van der Waals surface area contributed by atoms with Gasteiger partial charge in [-0.05, 0) is 12.8 Å². The topological polar surface area (TPSA) is 68.2 Å². The predicted octanol–water partition coefficient (Wildman–Crippen LogP) is 1.98. The van der Waals surface area contributed by atoms with Crippen LogP contribution in [0.5, 0.6) is 0 Å². The highest BCUT2D eigenvalue weighted by Gasteiger charge is 2.13. The third-order valence-corrected chi connectivity index (χ3v) is 2.65. The van der Waals surface area contributed by atoms with Crippen LogP contribution in [0.2, 0.25) is 0 Å². The lowest BCUT2D eigenvalue weighted by atomic mass is 10.3. The van der Waals surface area contributed by atoms with Crippen molar-refractivity contribution in [3.05, 3.63) is 5.89 Å². The largest absolute Gasteiger partial charge is 0.408 e. The van der Waals surface area contributed by atoms with E-state index in [1.807, 2.05) is 0 Å². The molecule has 17 heavy (non-hydrogen) atoms. The maximum absolute atomic E-state index is 5.60. The molecule has 0 spiro atoms. The Labute approximate surface area is 103 Å². The first-order valence-corrected chi connectivity index (χ1v) is 6.59. The van der Waals surface area contributed by atoms with Crippen LogP contribution in [-0.4, -0.2) is 29.8 Å². The standard InChI is InChI=1S/C12H24N4O/c1-3-5-9-16(10-6-4-2)12-15-14-11(17-12)7-8-13/h3-10,13H2,1-2H3. The van der Waals surface area contributed by atoms with Gasteiger partial charge in [0.25, 0.3) is 0 Å². The molecule has 1 aromatic heterocycles. The van der Waals surface area contributed by atoms with Gasteiger partial charge in [0.05, 0.1) is 0 Å². The van der Waals surface area contributed by atoms with Crippen molar-refractivity contribution < 1.29 is 4.42 Å². The number of unbranched alkanes of at least 4 members (excludes halogenated alkanes) is 2. The molecule has 0 saturated carbocycles. The Hall–Kier alpha value is -1.10. The molecule has 0 aromatic carbocycles. The van der Waals surface area contributed by atoms with Crippen LogP contribution < -0.4 is 10.6 Å². The molecule has 0 amide bonds. The molecular weight excluding hydrogens is 216 g/mol. The molecule has 0 atom stereocenters. The number of nitrogens with zero attached hydrogens (tertiary/aromatic N) is 3. The van der Waals surface area contributed by atoms with Crippen molar-refractivity contribution in [3.63, 3.8) is 0 Å². The summed E-state index contributed by atoms with van der Waals surface area (Å²) in [6, 6.07) is 0.648. The first-order chi connectivity index (χ1) is 8.31. The van der Waals surface area contributed by atoms with Crippen LogP contribution in [-0.2, 0) is 6.42 Å². The molecule has 5 heteroatoms. The Kier molecular flexibility index (Phi) is 6.62. The van der Waals surface area contributed by atoms with Gasteiger partial charge in [-0.3, -0.25) is 0 Å². The second kappa shape index (κ2) is 8.06. The van der Waals surface area contributed by atoms with Gasteiger partial charge in [0, 0.05) is 26.1 Å². The molecule has 0 aliphatic rings. The molecule has 0 saturated heterocycles. The second-order valence-corrected chi connectivity index (χ2v) is 4.21. The molecule has 1 heterocycles. The van der Waals surface area contributed by atoms with Crippen LogP contribution in [0.1, 0.15) is 45.4 Å². The number of anilines is 1. The van der Waals surface area contributed by atoms with Crippen molar-refractivity contribution in [2.45, 2.75) is 46.0 Å². The van der Waals surface area contributed by atoms with E-state index in [1.165, 1.54) is 12.8 Å². The fraction of sp³-hybridized carbons (Fsp3) is 0.833. The van der Waals surface area contributed by atoms with Crippen molar-refractivity contribution in [2.24, 2.45) is 5.73 Å². The van der Waals surface area contributed by atoms with Gasteiger partial charge in [-0.2, -0.15) is 0 Å². The molecule has 5 nitrogen and oxygen atoms in total. The zero-order valence-electron chi connectivity index (χ0n) is 11.0. The Balaban J connectivity index is 2.58. The van der Waals surface area contributed by atoms with Crippen LogP contribution in [0.4, 0.5) is 6.01 Å². The maximum Gasteiger partial charge on any atom is 0.318 e. The van der Waals surface area contributed by atoms with Gasteiger partial charge in [-0.1, -0.05) is 31.8 Å². The summed E-state index contributed by atoms with van der Waals surface area (Å²) in [5.41, 5.74) is 5.46. The van der Waals surface area contributed by atoms with Gasteiger partial charge >= 0.3 is 6.01 Å². The summed E-state index contributed by atoms with van der Waals surface area (Å²) in [6.45, 7) is 6.89. The summed E-state index contributed by atoms with van der Waals surface area (Å²) in [5, 5.41) is 8.10. The Morgan fingerprint density at radius 3 is 2.29 bits per heavy atom. The molecule has 0 aliphatic heterocycles. The minimum Gasteiger partial charge on any atom is -0.408 e. The van der Waals surface area contributed by atoms with E-state index in [1.54, 1.807) is 0 Å². The van der Waals surface area contributed by atoms with Gasteiger partial charge in [0.15, 0.2) is 0 Å². The molecule has 2 N–H and O–H groups in total. The molecule has 0 fully saturated rings. The van der Waals surface area contributed by atoms with Crippen LogP contribution in [0.3, 0.4) is 0 Å². The number of rotatable bonds is 9. The number of nitrogens with two attached hydrogens (primary N) is 1. The minimum absolute atomic E-state index is 0.547. The summed E-state index contributed by atoms with van der Waals surface area (Å²) in [6.07, 6.45) is 5.30. The van der Waals surface area contributed by atoms with Crippen molar-refractivity contribution >= 4 is 6.01 Å². The van der Waals surface area contributed by atoms with Crippen LogP contribution in [0, 0.1) is 0 Å². The summed E-state index contributed by atoms with van der Waals surface area (Å²) in [4.78, 5) is 2.18. The van der Waals surface area contributed by atoms with E-state index >= 15 is 0 Å². The first kappa shape index (κ1) is 14.0.